The Labute approximate surface area is 129 Å². The number of rotatable bonds is 0. The highest BCUT2D eigenvalue weighted by atomic mass is 16.5. The molecule has 0 aromatic heterocycles. The topological polar surface area (TPSA) is 19.0 Å². The van der Waals surface area contributed by atoms with Crippen molar-refractivity contribution < 1.29 is 4.65 Å². The second-order valence-electron chi connectivity index (χ2n) is 6.37. The lowest BCUT2D eigenvalue weighted by Crippen LogP contribution is -2.58. The monoisotopic (exact) mass is 287 g/mol. The largest absolute Gasteiger partial charge is 0.536 e. The van der Waals surface area contributed by atoms with E-state index in [1.165, 1.54) is 22.5 Å². The highest BCUT2D eigenvalue weighted by Gasteiger charge is 2.54. The molecule has 1 atom stereocenters. The molecule has 0 spiro atoms. The van der Waals surface area contributed by atoms with Crippen LogP contribution in [0, 0.1) is 0 Å². The maximum atomic E-state index is 6.29. The van der Waals surface area contributed by atoms with E-state index in [4.69, 9.17) is 4.65 Å². The number of likely N-dealkylation sites (N-methyl/N-ethyl adjacent to an activating group) is 1. The standard InChI is InChI=1S/C17H14BN3O/c1-19-10-16-20-15(19)9-11-5-4-6-12(17(11)20)18-21(16)13-7-2-3-8-14(13)22-18/h2-8,10,15H,9H2,1H3. The van der Waals surface area contributed by atoms with Gasteiger partial charge in [0.2, 0.25) is 0 Å². The third-order valence-corrected chi connectivity index (χ3v) is 5.24. The number of hydrogen-bond acceptors (Lipinski definition) is 4. The van der Waals surface area contributed by atoms with Gasteiger partial charge in [-0.25, -0.2) is 0 Å². The smallest absolute Gasteiger partial charge is 0.527 e. The predicted molar refractivity (Wildman–Crippen MR) is 87.2 cm³/mol. The Morgan fingerprint density at radius 3 is 3.00 bits per heavy atom. The number of para-hydroxylation sites is 3. The highest BCUT2D eigenvalue weighted by Crippen LogP contribution is 2.48. The van der Waals surface area contributed by atoms with Crippen molar-refractivity contribution in [1.82, 2.24) is 4.90 Å². The van der Waals surface area contributed by atoms with Gasteiger partial charge in [0.25, 0.3) is 0 Å². The summed E-state index contributed by atoms with van der Waals surface area (Å²) in [6.07, 6.45) is 3.73. The molecule has 0 bridgehead atoms. The first-order valence-electron chi connectivity index (χ1n) is 7.72. The minimum atomic E-state index is -0.0416. The van der Waals surface area contributed by atoms with Crippen LogP contribution >= 0.6 is 0 Å². The molecule has 0 saturated carbocycles. The van der Waals surface area contributed by atoms with Gasteiger partial charge < -0.3 is 19.3 Å². The highest BCUT2D eigenvalue weighted by molar-refractivity contribution is 6.76. The lowest BCUT2D eigenvalue weighted by molar-refractivity contribution is 0.368. The SMILES string of the molecule is CN1C=C2N3B(Oc4ccccc43)c3cccc4c3N2C1C4. The van der Waals surface area contributed by atoms with Crippen molar-refractivity contribution in [3.05, 3.63) is 60.0 Å². The summed E-state index contributed by atoms with van der Waals surface area (Å²) in [5.74, 6) is 2.21. The summed E-state index contributed by atoms with van der Waals surface area (Å²) in [5.41, 5.74) is 5.23. The van der Waals surface area contributed by atoms with Crippen molar-refractivity contribution in [2.45, 2.75) is 12.6 Å². The molecule has 0 fully saturated rings. The molecular formula is C17H14BN3O. The van der Waals surface area contributed by atoms with Crippen LogP contribution in [0.15, 0.2) is 54.5 Å². The van der Waals surface area contributed by atoms with Crippen LogP contribution in [0.3, 0.4) is 0 Å². The molecule has 0 amide bonds. The van der Waals surface area contributed by atoms with E-state index in [1.807, 2.05) is 6.07 Å². The zero-order valence-corrected chi connectivity index (χ0v) is 12.2. The number of fused-ring (bicyclic) bond motifs is 5. The molecule has 4 aliphatic rings. The van der Waals surface area contributed by atoms with E-state index in [1.54, 1.807) is 0 Å². The molecule has 106 valence electrons. The maximum absolute atomic E-state index is 6.29. The van der Waals surface area contributed by atoms with Crippen LogP contribution in [0.5, 0.6) is 5.75 Å². The summed E-state index contributed by atoms with van der Waals surface area (Å²) >= 11 is 0. The molecule has 0 saturated heterocycles. The summed E-state index contributed by atoms with van der Waals surface area (Å²) in [6.45, 7) is 0. The maximum Gasteiger partial charge on any atom is 0.527 e. The molecule has 5 heteroatoms. The second kappa shape index (κ2) is 3.43. The van der Waals surface area contributed by atoms with Gasteiger partial charge in [-0.15, -0.1) is 0 Å². The van der Waals surface area contributed by atoms with Crippen molar-refractivity contribution >= 4 is 23.9 Å². The quantitative estimate of drug-likeness (QED) is 0.687. The average Bonchev–Trinajstić information content (AvgIpc) is 3.18. The van der Waals surface area contributed by atoms with Gasteiger partial charge in [-0.05, 0) is 17.7 Å². The fourth-order valence-electron chi connectivity index (χ4n) is 4.31. The van der Waals surface area contributed by atoms with Crippen molar-refractivity contribution in [3.8, 4) is 5.75 Å². The Morgan fingerprint density at radius 1 is 1.14 bits per heavy atom. The molecule has 1 unspecified atom stereocenters. The van der Waals surface area contributed by atoms with Crippen LogP contribution in [-0.4, -0.2) is 25.2 Å². The van der Waals surface area contributed by atoms with Crippen LogP contribution in [0.2, 0.25) is 0 Å². The fourth-order valence-corrected chi connectivity index (χ4v) is 4.31. The Kier molecular flexibility index (Phi) is 1.73. The average molecular weight is 287 g/mol. The van der Waals surface area contributed by atoms with Gasteiger partial charge in [0, 0.05) is 30.8 Å². The van der Waals surface area contributed by atoms with E-state index in [0.717, 1.165) is 17.9 Å². The van der Waals surface area contributed by atoms with Crippen LogP contribution < -0.4 is 19.8 Å². The van der Waals surface area contributed by atoms with Gasteiger partial charge in [0.05, 0.1) is 5.69 Å². The predicted octanol–water partition coefficient (Wildman–Crippen LogP) is 1.73. The zero-order chi connectivity index (χ0) is 14.4. The molecule has 6 rings (SSSR count). The van der Waals surface area contributed by atoms with Crippen LogP contribution in [0.1, 0.15) is 5.56 Å². The summed E-state index contributed by atoms with van der Waals surface area (Å²) in [5, 5.41) is 0. The van der Waals surface area contributed by atoms with E-state index in [2.05, 4.69) is 64.3 Å². The molecule has 4 nitrogen and oxygen atoms in total. The van der Waals surface area contributed by atoms with Gasteiger partial charge >= 0.3 is 7.05 Å². The van der Waals surface area contributed by atoms with Crippen molar-refractivity contribution in [3.63, 3.8) is 0 Å². The van der Waals surface area contributed by atoms with Crippen LogP contribution in [0.4, 0.5) is 11.4 Å². The molecule has 2 aromatic rings. The van der Waals surface area contributed by atoms with E-state index >= 15 is 0 Å². The van der Waals surface area contributed by atoms with E-state index < -0.39 is 0 Å². The van der Waals surface area contributed by atoms with Gasteiger partial charge in [-0.2, -0.15) is 0 Å². The number of anilines is 2. The number of hydrogen-bond donors (Lipinski definition) is 0. The van der Waals surface area contributed by atoms with Crippen LogP contribution in [-0.2, 0) is 6.42 Å². The zero-order valence-electron chi connectivity index (χ0n) is 12.2. The first-order valence-corrected chi connectivity index (χ1v) is 7.72. The first-order chi connectivity index (χ1) is 10.8. The molecular weight excluding hydrogens is 273 g/mol. The second-order valence-corrected chi connectivity index (χ2v) is 6.37. The van der Waals surface area contributed by atoms with Gasteiger partial charge in [-0.3, -0.25) is 0 Å². The molecule has 0 N–H and O–H groups in total. The Hall–Kier alpha value is -2.56. The van der Waals surface area contributed by atoms with Crippen molar-refractivity contribution in [1.29, 1.82) is 0 Å². The van der Waals surface area contributed by atoms with Gasteiger partial charge in [0.15, 0.2) is 0 Å². The third-order valence-electron chi connectivity index (χ3n) is 5.24. The lowest BCUT2D eigenvalue weighted by Gasteiger charge is -2.37. The Bertz CT molecular complexity index is 865. The minimum absolute atomic E-state index is 0.0416. The van der Waals surface area contributed by atoms with Gasteiger partial charge in [-0.1, -0.05) is 30.3 Å². The van der Waals surface area contributed by atoms with E-state index in [9.17, 15) is 0 Å². The summed E-state index contributed by atoms with van der Waals surface area (Å²) in [6, 6.07) is 14.9. The lowest BCUT2D eigenvalue weighted by atomic mass is 9.68. The van der Waals surface area contributed by atoms with Crippen molar-refractivity contribution in [2.75, 3.05) is 16.8 Å². The fraction of sp³-hybridized carbons (Fsp3) is 0.176. The normalized spacial score (nSPS) is 22.4. The Morgan fingerprint density at radius 2 is 2.05 bits per heavy atom. The molecule has 2 aromatic carbocycles. The third kappa shape index (κ3) is 1.07. The molecule has 4 aliphatic heterocycles. The van der Waals surface area contributed by atoms with Crippen LogP contribution in [0.25, 0.3) is 0 Å². The first kappa shape index (κ1) is 11.1. The summed E-state index contributed by atoms with van der Waals surface area (Å²) < 4.78 is 6.29. The summed E-state index contributed by atoms with van der Waals surface area (Å²) in [7, 11) is 2.12. The number of nitrogens with zero attached hydrogens (tertiary/aromatic N) is 3. The molecule has 4 heterocycles. The molecule has 0 aliphatic carbocycles. The van der Waals surface area contributed by atoms with E-state index in [0.29, 0.717) is 6.17 Å². The van der Waals surface area contributed by atoms with Crippen molar-refractivity contribution in [2.24, 2.45) is 0 Å². The minimum Gasteiger partial charge on any atom is -0.536 e. The molecule has 22 heavy (non-hydrogen) atoms. The van der Waals surface area contributed by atoms with E-state index in [-0.39, 0.29) is 7.05 Å². The van der Waals surface area contributed by atoms with Gasteiger partial charge in [0.1, 0.15) is 17.7 Å². The number of benzene rings is 2. The summed E-state index contributed by atoms with van der Waals surface area (Å²) in [4.78, 5) is 7.14. The molecule has 0 radical (unpaired) electrons. The Balaban J connectivity index is 1.67.